The van der Waals surface area contributed by atoms with Crippen molar-refractivity contribution in [1.82, 2.24) is 0 Å². The maximum Gasteiger partial charge on any atom is 0 e. The summed E-state index contributed by atoms with van der Waals surface area (Å²) in [6.07, 6.45) is 0. The third-order valence-electron chi connectivity index (χ3n) is 1.03. The van der Waals surface area contributed by atoms with Gasteiger partial charge in [0.25, 0.3) is 0 Å². The van der Waals surface area contributed by atoms with E-state index in [0.29, 0.717) is 0 Å². The van der Waals surface area contributed by atoms with Gasteiger partial charge in [0, 0.05) is 72.5 Å². The van der Waals surface area contributed by atoms with E-state index >= 15 is 0 Å². The number of halogens is 1. The molecule has 0 aliphatic heterocycles. The van der Waals surface area contributed by atoms with Crippen molar-refractivity contribution in [1.29, 1.82) is 0 Å². The molecule has 1 radical (unpaired) electrons. The standard InChI is InChI=1S/4C4H7N.CO.BrH.Mn/c4*1-4(2)5-3;1-2;;/h4*4H,1-2H3;;1H;. The van der Waals surface area contributed by atoms with Gasteiger partial charge in [0.1, 0.15) is 0 Å². The van der Waals surface area contributed by atoms with Crippen LogP contribution in [0.15, 0.2) is 0 Å². The summed E-state index contributed by atoms with van der Waals surface area (Å²) in [5, 5.41) is 0. The Kier molecular flexibility index (Phi) is 77.7. The Morgan fingerprint density at radius 1 is 0.500 bits per heavy atom. The van der Waals surface area contributed by atoms with E-state index in [-0.39, 0.29) is 58.2 Å². The summed E-state index contributed by atoms with van der Waals surface area (Å²) < 4.78 is 7.50. The van der Waals surface area contributed by atoms with Crippen LogP contribution in [0.2, 0.25) is 0 Å². The van der Waals surface area contributed by atoms with Crippen LogP contribution in [0.25, 0.3) is 19.4 Å². The number of rotatable bonds is 0. The zero-order valence-corrected chi connectivity index (χ0v) is 18.7. The summed E-state index contributed by atoms with van der Waals surface area (Å²) >= 11 is 0. The zero-order chi connectivity index (χ0) is 19.1. The second kappa shape index (κ2) is 43.0. The molecule has 0 aliphatic carbocycles. The van der Waals surface area contributed by atoms with Gasteiger partial charge in [0.05, 0.1) is 0 Å². The number of nitrogens with zero attached hydrogens (tertiary/aromatic N) is 4. The normalized spacial score (nSPS) is 6.42. The fourth-order valence-electron chi connectivity index (χ4n) is 0. The van der Waals surface area contributed by atoms with E-state index in [2.05, 4.69) is 26.0 Å². The average Bonchev–Trinajstić information content (AvgIpc) is 2.50. The van der Waals surface area contributed by atoms with Crippen molar-refractivity contribution in [3.8, 4) is 0 Å². The monoisotopic (exact) mass is 439 g/mol. The molecule has 5 nitrogen and oxygen atoms in total. The molecule has 7 heteroatoms. The van der Waals surface area contributed by atoms with Gasteiger partial charge in [-0.25, -0.2) is 26.3 Å². The van der Waals surface area contributed by atoms with E-state index in [1.165, 1.54) is 0 Å². The van der Waals surface area contributed by atoms with Crippen molar-refractivity contribution in [2.24, 2.45) is 0 Å². The Hall–Kier alpha value is -1.30. The first kappa shape index (κ1) is 43.4. The van der Waals surface area contributed by atoms with E-state index in [4.69, 9.17) is 30.9 Å². The molecule has 0 aromatic carbocycles. The zero-order valence-electron chi connectivity index (χ0n) is 15.8. The first-order chi connectivity index (χ1) is 10.1. The summed E-state index contributed by atoms with van der Waals surface area (Å²) in [4.78, 5) is 12.6. The van der Waals surface area contributed by atoms with E-state index in [0.717, 1.165) is 0 Å². The summed E-state index contributed by atoms with van der Waals surface area (Å²) in [6, 6.07) is 0.704. The maximum absolute atomic E-state index is 7.50. The van der Waals surface area contributed by atoms with Gasteiger partial charge in [-0.05, 0) is 0 Å². The molecule has 0 heterocycles. The Balaban J connectivity index is -0.0000000302. The van der Waals surface area contributed by atoms with Crippen LogP contribution in [-0.4, -0.2) is 24.2 Å². The fourth-order valence-corrected chi connectivity index (χ4v) is 0. The van der Waals surface area contributed by atoms with Gasteiger partial charge in [-0.1, -0.05) is 0 Å². The van der Waals surface area contributed by atoms with E-state index < -0.39 is 0 Å². The smallest absolute Gasteiger partial charge is 0 e. The van der Waals surface area contributed by atoms with Gasteiger partial charge in [-0.2, -0.15) is 0 Å². The molecule has 0 fully saturated rings. The van der Waals surface area contributed by atoms with E-state index in [1.807, 2.05) is 55.4 Å². The quantitative estimate of drug-likeness (QED) is 0.260. The van der Waals surface area contributed by atoms with Crippen LogP contribution in [0.3, 0.4) is 0 Å². The molecular formula is C17H29BrMnN4O. The molecule has 0 aromatic heterocycles. The van der Waals surface area contributed by atoms with Crippen LogP contribution in [0.5, 0.6) is 0 Å². The van der Waals surface area contributed by atoms with Crippen molar-refractivity contribution < 1.29 is 21.7 Å². The Morgan fingerprint density at radius 2 is 0.542 bits per heavy atom. The van der Waals surface area contributed by atoms with Crippen LogP contribution >= 0.6 is 17.0 Å². The Labute approximate surface area is 170 Å². The molecule has 0 bridgehead atoms. The first-order valence-corrected chi connectivity index (χ1v) is 6.75. The fraction of sp³-hybridized carbons (Fsp3) is 0.706. The Morgan fingerprint density at radius 3 is 0.542 bits per heavy atom. The first-order valence-electron chi connectivity index (χ1n) is 6.75. The van der Waals surface area contributed by atoms with E-state index in [1.54, 1.807) is 0 Å². The molecule has 0 saturated carbocycles. The van der Waals surface area contributed by atoms with Gasteiger partial charge in [-0.3, -0.25) is 0 Å². The van der Waals surface area contributed by atoms with Crippen molar-refractivity contribution in [3.05, 3.63) is 52.3 Å². The molecule has 137 valence electrons. The molecule has 0 amide bonds. The third kappa shape index (κ3) is 179. The minimum atomic E-state index is 0. The van der Waals surface area contributed by atoms with Crippen molar-refractivity contribution in [3.63, 3.8) is 0 Å². The predicted molar refractivity (Wildman–Crippen MR) is 101 cm³/mol. The summed E-state index contributed by atoms with van der Waals surface area (Å²) in [7, 11) is 0. The van der Waals surface area contributed by atoms with E-state index in [9.17, 15) is 0 Å². The second-order valence-electron chi connectivity index (χ2n) is 4.89. The van der Waals surface area contributed by atoms with Crippen molar-refractivity contribution in [2.75, 3.05) is 0 Å². The average molecular weight is 440 g/mol. The predicted octanol–water partition coefficient (Wildman–Crippen LogP) is 5.79. The summed E-state index contributed by atoms with van der Waals surface area (Å²) in [5.41, 5.74) is 0. The third-order valence-corrected chi connectivity index (χ3v) is 1.03. The Bertz CT molecular complexity index is 322. The number of hydrogen-bond acceptors (Lipinski definition) is 0. The molecule has 0 unspecified atom stereocenters. The van der Waals surface area contributed by atoms with Crippen molar-refractivity contribution in [2.45, 2.75) is 79.6 Å². The topological polar surface area (TPSA) is 37.3 Å². The van der Waals surface area contributed by atoms with Crippen LogP contribution in [0.4, 0.5) is 0 Å². The molecule has 0 saturated heterocycles. The number of hydrogen-bond donors (Lipinski definition) is 0. The van der Waals surface area contributed by atoms with Gasteiger partial charge in [0.15, 0.2) is 0 Å². The minimum Gasteiger partial charge on any atom is 0 e. The van der Waals surface area contributed by atoms with Crippen LogP contribution in [-0.2, 0) is 21.7 Å². The summed E-state index contributed by atoms with van der Waals surface area (Å²) in [6.45, 7) is 44.6. The summed E-state index contributed by atoms with van der Waals surface area (Å²) in [5.74, 6) is 0. The van der Waals surface area contributed by atoms with Crippen molar-refractivity contribution >= 4 is 17.0 Å². The molecular weight excluding hydrogens is 411 g/mol. The molecule has 0 spiro atoms. The van der Waals surface area contributed by atoms with Crippen LogP contribution in [0, 0.1) is 32.9 Å². The molecule has 0 rings (SSSR count). The SMILES string of the molecule is Br.[C-]#[N+]C(C)C.[C-]#[N+]C(C)C.[C-]#[N+]C(C)C.[C-]#[N+]C(C)C.[C-]#[O+].[Mn]. The molecule has 0 aliphatic rings. The van der Waals surface area contributed by atoms with Gasteiger partial charge in [-0.15, -0.1) is 17.0 Å². The largest absolute Gasteiger partial charge is 0 e. The second-order valence-corrected chi connectivity index (χ2v) is 4.89. The van der Waals surface area contributed by atoms with Crippen LogP contribution in [0.1, 0.15) is 55.4 Å². The molecule has 0 atom stereocenters. The molecule has 0 N–H and O–H groups in total. The molecule has 0 aromatic rings. The molecule has 24 heavy (non-hydrogen) atoms. The minimum absolute atomic E-state index is 0. The van der Waals surface area contributed by atoms with Gasteiger partial charge < -0.3 is 19.4 Å². The van der Waals surface area contributed by atoms with Gasteiger partial charge in [0.2, 0.25) is 24.2 Å². The van der Waals surface area contributed by atoms with Crippen LogP contribution < -0.4 is 0 Å². The van der Waals surface area contributed by atoms with Gasteiger partial charge >= 0.3 is 11.3 Å². The maximum atomic E-state index is 7.50.